The number of fused-ring (bicyclic) bond motifs is 1. The summed E-state index contributed by atoms with van der Waals surface area (Å²) in [5.41, 5.74) is 0.0731. The molecule has 0 atom stereocenters. The quantitative estimate of drug-likeness (QED) is 0.640. The molecule has 0 amide bonds. The van der Waals surface area contributed by atoms with Crippen molar-refractivity contribution < 1.29 is 18.6 Å². The second-order valence-corrected chi connectivity index (χ2v) is 6.75. The Balaban J connectivity index is 2.44. The van der Waals surface area contributed by atoms with Crippen LogP contribution in [0.1, 0.15) is 0 Å². The molecular weight excluding hydrogens is 408 g/mol. The molecule has 2 heterocycles. The van der Waals surface area contributed by atoms with Crippen LogP contribution in [-0.2, 0) is 6.54 Å². The van der Waals surface area contributed by atoms with Crippen LogP contribution in [0.25, 0.3) is 21.5 Å². The number of rotatable bonds is 5. The van der Waals surface area contributed by atoms with Gasteiger partial charge in [0, 0.05) is 6.51 Å². The average Bonchev–Trinajstić information content (AvgIpc) is 3.07. The molecule has 134 valence electrons. The predicted octanol–water partition coefficient (Wildman–Crippen LogP) is 3.91. The highest BCUT2D eigenvalue weighted by atomic mass is 35.5. The minimum Gasteiger partial charge on any atom is -0.505 e. The lowest BCUT2D eigenvalue weighted by molar-refractivity contribution is 0.126. The number of hydrogen-bond donors (Lipinski definition) is 1. The predicted molar refractivity (Wildman–Crippen MR) is 98.3 cm³/mol. The van der Waals surface area contributed by atoms with E-state index in [-0.39, 0.29) is 43.8 Å². The number of aromatic hydroxyl groups is 1. The molecule has 0 fully saturated rings. The normalized spacial score (nSPS) is 11.4. The first-order valence-corrected chi connectivity index (χ1v) is 8.78. The van der Waals surface area contributed by atoms with Gasteiger partial charge in [0.1, 0.15) is 24.0 Å². The molecule has 2 aromatic heterocycles. The summed E-state index contributed by atoms with van der Waals surface area (Å²) in [5, 5.41) is 10.8. The Hall–Kier alpha value is -1.84. The van der Waals surface area contributed by atoms with Gasteiger partial charge >= 0.3 is 0 Å². The summed E-state index contributed by atoms with van der Waals surface area (Å²) in [6.07, 6.45) is -2.80. The van der Waals surface area contributed by atoms with Crippen LogP contribution in [0, 0.1) is 0 Å². The number of benzene rings is 1. The Morgan fingerprint density at radius 2 is 2.00 bits per heavy atom. The molecule has 11 heteroatoms. The van der Waals surface area contributed by atoms with E-state index >= 15 is 0 Å². The molecule has 0 spiro atoms. The van der Waals surface area contributed by atoms with Crippen LogP contribution < -0.4 is 10.3 Å². The molecule has 3 rings (SSSR count). The van der Waals surface area contributed by atoms with Crippen LogP contribution in [0.3, 0.4) is 0 Å². The minimum absolute atomic E-state index is 0.0227. The van der Waals surface area contributed by atoms with Crippen molar-refractivity contribution in [2.45, 2.75) is 13.0 Å². The fourth-order valence-corrected chi connectivity index (χ4v) is 3.76. The molecule has 3 aromatic rings. The highest BCUT2D eigenvalue weighted by molar-refractivity contribution is 7.17. The van der Waals surface area contributed by atoms with E-state index < -0.39 is 24.3 Å². The van der Waals surface area contributed by atoms with Crippen molar-refractivity contribution in [3.8, 4) is 22.6 Å². The Morgan fingerprint density at radius 3 is 2.65 bits per heavy atom. The van der Waals surface area contributed by atoms with Crippen LogP contribution in [0.5, 0.6) is 11.5 Å². The third-order valence-electron chi connectivity index (χ3n) is 3.57. The SMILES string of the molecule is [B]COc1c(Cl)ccc(Cl)c1-c1c(O)c2scnc2n(CC(F)F)c1=O. The van der Waals surface area contributed by atoms with Crippen molar-refractivity contribution in [2.75, 3.05) is 6.51 Å². The number of nitrogens with zero attached hydrogens (tertiary/aromatic N) is 2. The Morgan fingerprint density at radius 1 is 1.31 bits per heavy atom. The highest BCUT2D eigenvalue weighted by Gasteiger charge is 2.26. The molecule has 1 aromatic carbocycles. The van der Waals surface area contributed by atoms with Crippen molar-refractivity contribution in [3.63, 3.8) is 0 Å². The van der Waals surface area contributed by atoms with Gasteiger partial charge in [-0.1, -0.05) is 23.2 Å². The zero-order valence-electron chi connectivity index (χ0n) is 12.9. The van der Waals surface area contributed by atoms with Gasteiger partial charge in [0.15, 0.2) is 5.65 Å². The highest BCUT2D eigenvalue weighted by Crippen LogP contribution is 2.45. The number of thiazole rings is 1. The monoisotopic (exact) mass is 416 g/mol. The van der Waals surface area contributed by atoms with Gasteiger partial charge in [0.2, 0.25) is 0 Å². The van der Waals surface area contributed by atoms with Gasteiger partial charge in [-0.05, 0) is 12.1 Å². The van der Waals surface area contributed by atoms with Crippen molar-refractivity contribution in [3.05, 3.63) is 38.0 Å². The van der Waals surface area contributed by atoms with E-state index in [9.17, 15) is 18.7 Å². The maximum absolute atomic E-state index is 13.0. The fraction of sp³-hybridized carbons (Fsp3) is 0.200. The van der Waals surface area contributed by atoms with E-state index in [1.165, 1.54) is 17.6 Å². The first-order valence-electron chi connectivity index (χ1n) is 7.15. The molecule has 2 radical (unpaired) electrons. The van der Waals surface area contributed by atoms with Gasteiger partial charge in [0.05, 0.1) is 33.2 Å². The van der Waals surface area contributed by atoms with Crippen LogP contribution in [-0.4, -0.2) is 35.4 Å². The molecule has 26 heavy (non-hydrogen) atoms. The first kappa shape index (κ1) is 18.9. The number of pyridine rings is 1. The number of alkyl halides is 2. The summed E-state index contributed by atoms with van der Waals surface area (Å²) in [5.74, 6) is -0.467. The molecule has 0 aliphatic carbocycles. The van der Waals surface area contributed by atoms with Gasteiger partial charge in [-0.2, -0.15) is 0 Å². The Bertz CT molecular complexity index is 1040. The van der Waals surface area contributed by atoms with E-state index in [0.717, 1.165) is 15.9 Å². The standard InChI is InChI=1S/C15H9BCl2F2N2O3S/c16-4-25-12-7(18)2-1-6(17)9(12)10-11(23)13-14(21-5-26-13)22(15(10)24)3-8(19)20/h1-2,5,8,23H,3-4H2. The third kappa shape index (κ3) is 3.15. The lowest BCUT2D eigenvalue weighted by atomic mass is 10.0. The summed E-state index contributed by atoms with van der Waals surface area (Å²) in [6, 6.07) is 2.83. The summed E-state index contributed by atoms with van der Waals surface area (Å²) in [6.45, 7) is -1.17. The average molecular weight is 417 g/mol. The fourth-order valence-electron chi connectivity index (χ4n) is 2.56. The molecule has 1 N–H and O–H groups in total. The molecule has 0 aliphatic heterocycles. The number of hydrogen-bond acceptors (Lipinski definition) is 5. The maximum atomic E-state index is 13.0. The van der Waals surface area contributed by atoms with Crippen molar-refractivity contribution in [1.29, 1.82) is 0 Å². The summed E-state index contributed by atoms with van der Waals surface area (Å²) in [4.78, 5) is 16.8. The minimum atomic E-state index is -2.80. The lowest BCUT2D eigenvalue weighted by Gasteiger charge is -2.16. The van der Waals surface area contributed by atoms with E-state index in [1.54, 1.807) is 0 Å². The Labute approximate surface area is 161 Å². The Kier molecular flexibility index (Phi) is 5.41. The zero-order chi connectivity index (χ0) is 19.0. The van der Waals surface area contributed by atoms with E-state index in [4.69, 9.17) is 35.8 Å². The zero-order valence-corrected chi connectivity index (χ0v) is 15.2. The topological polar surface area (TPSA) is 64.3 Å². The summed E-state index contributed by atoms with van der Waals surface area (Å²) in [7, 11) is 5.40. The van der Waals surface area contributed by atoms with Crippen molar-refractivity contribution >= 4 is 52.7 Å². The van der Waals surface area contributed by atoms with Gasteiger partial charge < -0.3 is 9.84 Å². The van der Waals surface area contributed by atoms with E-state index in [1.807, 2.05) is 0 Å². The van der Waals surface area contributed by atoms with Crippen LogP contribution in [0.2, 0.25) is 10.0 Å². The van der Waals surface area contributed by atoms with Crippen molar-refractivity contribution in [1.82, 2.24) is 9.55 Å². The van der Waals surface area contributed by atoms with E-state index in [2.05, 4.69) is 4.98 Å². The summed E-state index contributed by atoms with van der Waals surface area (Å²) < 4.78 is 32.2. The smallest absolute Gasteiger partial charge is 0.264 e. The van der Waals surface area contributed by atoms with Crippen LogP contribution in [0.4, 0.5) is 8.78 Å². The summed E-state index contributed by atoms with van der Waals surface area (Å²) >= 11 is 13.3. The lowest BCUT2D eigenvalue weighted by Crippen LogP contribution is -2.25. The molecule has 0 bridgehead atoms. The molecular formula is C15H9BCl2F2N2O3S. The second kappa shape index (κ2) is 7.42. The van der Waals surface area contributed by atoms with Gasteiger partial charge in [-0.15, -0.1) is 11.3 Å². The number of halogens is 4. The van der Waals surface area contributed by atoms with E-state index in [0.29, 0.717) is 0 Å². The molecule has 0 unspecified atom stereocenters. The maximum Gasteiger partial charge on any atom is 0.264 e. The number of ether oxygens (including phenoxy) is 1. The molecule has 0 saturated heterocycles. The van der Waals surface area contributed by atoms with Gasteiger partial charge in [-0.25, -0.2) is 13.8 Å². The van der Waals surface area contributed by atoms with Crippen LogP contribution in [0.15, 0.2) is 22.4 Å². The second-order valence-electron chi connectivity index (χ2n) is 5.08. The molecule has 0 aliphatic rings. The molecule has 0 saturated carbocycles. The first-order chi connectivity index (χ1) is 12.4. The van der Waals surface area contributed by atoms with Gasteiger partial charge in [-0.3, -0.25) is 9.36 Å². The largest absolute Gasteiger partial charge is 0.505 e. The number of aromatic nitrogens is 2. The van der Waals surface area contributed by atoms with Crippen LogP contribution >= 0.6 is 34.5 Å². The van der Waals surface area contributed by atoms with Crippen molar-refractivity contribution in [2.24, 2.45) is 0 Å². The third-order valence-corrected chi connectivity index (χ3v) is 5.01. The van der Waals surface area contributed by atoms with Gasteiger partial charge in [0.25, 0.3) is 12.0 Å². The molecule has 5 nitrogen and oxygen atoms in total.